The van der Waals surface area contributed by atoms with Crippen molar-refractivity contribution in [3.63, 3.8) is 0 Å². The monoisotopic (exact) mass is 402 g/mol. The average Bonchev–Trinajstić information content (AvgIpc) is 2.70. The Morgan fingerprint density at radius 1 is 1.14 bits per heavy atom. The van der Waals surface area contributed by atoms with E-state index in [1.807, 2.05) is 38.1 Å². The van der Waals surface area contributed by atoms with Gasteiger partial charge in [-0.05, 0) is 48.2 Å². The third-order valence-electron chi connectivity index (χ3n) is 4.77. The molecular weight excluding hydrogens is 376 g/mol. The number of carbonyl (C=O) groups is 1. The Bertz CT molecular complexity index is 796. The third kappa shape index (κ3) is 5.96. The van der Waals surface area contributed by atoms with E-state index >= 15 is 0 Å². The van der Waals surface area contributed by atoms with Crippen molar-refractivity contribution in [2.75, 3.05) is 32.9 Å². The van der Waals surface area contributed by atoms with Gasteiger partial charge in [0.2, 0.25) is 0 Å². The first-order valence-corrected chi connectivity index (χ1v) is 9.93. The molecule has 1 N–H and O–H groups in total. The summed E-state index contributed by atoms with van der Waals surface area (Å²) < 4.78 is 11.0. The van der Waals surface area contributed by atoms with Crippen molar-refractivity contribution in [2.45, 2.75) is 26.9 Å². The van der Waals surface area contributed by atoms with Crippen LogP contribution in [0.5, 0.6) is 5.75 Å². The molecule has 1 fully saturated rings. The zero-order chi connectivity index (χ0) is 19.9. The van der Waals surface area contributed by atoms with Crippen molar-refractivity contribution in [1.29, 1.82) is 0 Å². The molecule has 1 saturated heterocycles. The summed E-state index contributed by atoms with van der Waals surface area (Å²) in [7, 11) is 0. The van der Waals surface area contributed by atoms with Gasteiger partial charge in [0.25, 0.3) is 5.91 Å². The molecule has 1 aliphatic rings. The van der Waals surface area contributed by atoms with E-state index in [0.29, 0.717) is 12.3 Å². The van der Waals surface area contributed by atoms with Crippen LogP contribution in [-0.4, -0.2) is 43.7 Å². The highest BCUT2D eigenvalue weighted by atomic mass is 35.5. The highest BCUT2D eigenvalue weighted by Crippen LogP contribution is 2.25. The lowest BCUT2D eigenvalue weighted by molar-refractivity contribution is -0.123. The summed E-state index contributed by atoms with van der Waals surface area (Å²) >= 11 is 6.16. The second-order valence-corrected chi connectivity index (χ2v) is 7.52. The molecule has 0 unspecified atom stereocenters. The van der Waals surface area contributed by atoms with Crippen molar-refractivity contribution in [3.8, 4) is 5.75 Å². The van der Waals surface area contributed by atoms with E-state index in [1.165, 1.54) is 5.56 Å². The predicted molar refractivity (Wildman–Crippen MR) is 111 cm³/mol. The number of aryl methyl sites for hydroxylation is 2. The molecule has 0 aliphatic carbocycles. The number of hydrogen-bond donors (Lipinski definition) is 1. The van der Waals surface area contributed by atoms with E-state index in [1.54, 1.807) is 0 Å². The summed E-state index contributed by atoms with van der Waals surface area (Å²) in [6.45, 7) is 8.72. The van der Waals surface area contributed by atoms with E-state index < -0.39 is 0 Å². The van der Waals surface area contributed by atoms with Crippen LogP contribution in [0, 0.1) is 13.8 Å². The quantitative estimate of drug-likeness (QED) is 0.770. The Kier molecular flexibility index (Phi) is 7.31. The van der Waals surface area contributed by atoms with Gasteiger partial charge in [0.15, 0.2) is 6.61 Å². The van der Waals surface area contributed by atoms with Gasteiger partial charge in [-0.2, -0.15) is 0 Å². The zero-order valence-electron chi connectivity index (χ0n) is 16.5. The lowest BCUT2D eigenvalue weighted by Gasteiger charge is -2.26. The summed E-state index contributed by atoms with van der Waals surface area (Å²) in [4.78, 5) is 14.5. The van der Waals surface area contributed by atoms with Crippen molar-refractivity contribution < 1.29 is 14.3 Å². The number of hydrogen-bond acceptors (Lipinski definition) is 4. The number of ether oxygens (including phenoxy) is 2. The summed E-state index contributed by atoms with van der Waals surface area (Å²) in [5, 5.41) is 3.65. The highest BCUT2D eigenvalue weighted by Gasteiger charge is 2.11. The van der Waals surface area contributed by atoms with Crippen LogP contribution in [0.15, 0.2) is 36.4 Å². The van der Waals surface area contributed by atoms with Crippen molar-refractivity contribution >= 4 is 17.5 Å². The average molecular weight is 403 g/mol. The topological polar surface area (TPSA) is 50.8 Å². The minimum absolute atomic E-state index is 0.0199. The molecule has 150 valence electrons. The molecule has 1 heterocycles. The fourth-order valence-electron chi connectivity index (χ4n) is 3.25. The molecule has 6 heteroatoms. The van der Waals surface area contributed by atoms with Crippen molar-refractivity contribution in [3.05, 3.63) is 63.7 Å². The van der Waals surface area contributed by atoms with E-state index in [4.69, 9.17) is 21.1 Å². The molecule has 0 atom stereocenters. The Morgan fingerprint density at radius 2 is 1.82 bits per heavy atom. The van der Waals surface area contributed by atoms with Gasteiger partial charge in [-0.1, -0.05) is 35.9 Å². The van der Waals surface area contributed by atoms with E-state index in [9.17, 15) is 4.79 Å². The molecule has 3 rings (SSSR count). The van der Waals surface area contributed by atoms with Gasteiger partial charge >= 0.3 is 0 Å². The van der Waals surface area contributed by atoms with Crippen molar-refractivity contribution in [1.82, 2.24) is 10.2 Å². The van der Waals surface area contributed by atoms with Crippen LogP contribution in [-0.2, 0) is 22.6 Å². The molecule has 0 spiro atoms. The van der Waals surface area contributed by atoms with E-state index in [2.05, 4.69) is 22.3 Å². The van der Waals surface area contributed by atoms with Crippen LogP contribution < -0.4 is 10.1 Å². The highest BCUT2D eigenvalue weighted by molar-refractivity contribution is 6.32. The Balaban J connectivity index is 1.47. The largest absolute Gasteiger partial charge is 0.484 e. The van der Waals surface area contributed by atoms with Gasteiger partial charge in [0, 0.05) is 31.2 Å². The van der Waals surface area contributed by atoms with Gasteiger partial charge in [-0.3, -0.25) is 9.69 Å². The number of benzene rings is 2. The summed E-state index contributed by atoms with van der Waals surface area (Å²) in [6.07, 6.45) is 0. The molecular formula is C22H27ClN2O3. The summed E-state index contributed by atoms with van der Waals surface area (Å²) in [6, 6.07) is 12.0. The van der Waals surface area contributed by atoms with Crippen LogP contribution >= 0.6 is 11.6 Å². The maximum absolute atomic E-state index is 12.1. The molecule has 5 nitrogen and oxygen atoms in total. The number of nitrogens with zero attached hydrogens (tertiary/aromatic N) is 1. The molecule has 0 radical (unpaired) electrons. The second-order valence-electron chi connectivity index (χ2n) is 7.14. The van der Waals surface area contributed by atoms with Crippen LogP contribution in [0.25, 0.3) is 0 Å². The lowest BCUT2D eigenvalue weighted by atomic mass is 10.1. The molecule has 0 bridgehead atoms. The Hall–Kier alpha value is -2.08. The molecule has 2 aromatic rings. The molecule has 0 aromatic heterocycles. The number of nitrogens with one attached hydrogen (secondary N) is 1. The summed E-state index contributed by atoms with van der Waals surface area (Å²) in [5.41, 5.74) is 4.21. The number of amides is 1. The van der Waals surface area contributed by atoms with Gasteiger partial charge in [0.1, 0.15) is 5.75 Å². The summed E-state index contributed by atoms with van der Waals surface area (Å²) in [5.74, 6) is 0.505. The number of rotatable bonds is 7. The SMILES string of the molecule is Cc1cc(OCC(=O)NCc2cccc(CN3CCOCC3)c2)cc(C)c1Cl. The van der Waals surface area contributed by atoms with Crippen LogP contribution in [0.3, 0.4) is 0 Å². The maximum Gasteiger partial charge on any atom is 0.258 e. The first-order valence-electron chi connectivity index (χ1n) is 9.55. The lowest BCUT2D eigenvalue weighted by Crippen LogP contribution is -2.35. The van der Waals surface area contributed by atoms with Crippen LogP contribution in [0.4, 0.5) is 0 Å². The first-order chi connectivity index (χ1) is 13.5. The maximum atomic E-state index is 12.1. The van der Waals surface area contributed by atoms with Gasteiger partial charge in [-0.25, -0.2) is 0 Å². The second kappa shape index (κ2) is 9.92. The number of carbonyl (C=O) groups excluding carboxylic acids is 1. The first kappa shape index (κ1) is 20.6. The normalized spacial score (nSPS) is 14.7. The third-order valence-corrected chi connectivity index (χ3v) is 5.37. The molecule has 1 aliphatic heterocycles. The van der Waals surface area contributed by atoms with Crippen molar-refractivity contribution in [2.24, 2.45) is 0 Å². The number of morpholine rings is 1. The fraction of sp³-hybridized carbons (Fsp3) is 0.409. The van der Waals surface area contributed by atoms with Crippen LogP contribution in [0.1, 0.15) is 22.3 Å². The number of halogens is 1. The predicted octanol–water partition coefficient (Wildman–Crippen LogP) is 3.48. The molecule has 0 saturated carbocycles. The van der Waals surface area contributed by atoms with Gasteiger partial charge in [-0.15, -0.1) is 0 Å². The standard InChI is InChI=1S/C22H27ClN2O3/c1-16-10-20(11-17(2)22(16)23)28-15-21(26)24-13-18-4-3-5-19(12-18)14-25-6-8-27-9-7-25/h3-5,10-12H,6-9,13-15H2,1-2H3,(H,24,26). The van der Waals surface area contributed by atoms with E-state index in [-0.39, 0.29) is 12.5 Å². The molecule has 2 aromatic carbocycles. The van der Waals surface area contributed by atoms with Crippen LogP contribution in [0.2, 0.25) is 5.02 Å². The zero-order valence-corrected chi connectivity index (χ0v) is 17.2. The Labute approximate surface area is 171 Å². The fourth-order valence-corrected chi connectivity index (χ4v) is 3.35. The minimum Gasteiger partial charge on any atom is -0.484 e. The minimum atomic E-state index is -0.149. The smallest absolute Gasteiger partial charge is 0.258 e. The van der Waals surface area contributed by atoms with Gasteiger partial charge < -0.3 is 14.8 Å². The van der Waals surface area contributed by atoms with Gasteiger partial charge in [0.05, 0.1) is 13.2 Å². The molecule has 1 amide bonds. The Morgan fingerprint density at radius 3 is 2.54 bits per heavy atom. The molecule has 28 heavy (non-hydrogen) atoms. The van der Waals surface area contributed by atoms with E-state index in [0.717, 1.165) is 54.6 Å².